The zero-order valence-corrected chi connectivity index (χ0v) is 17.9. The van der Waals surface area contributed by atoms with Crippen LogP contribution in [0.5, 0.6) is 0 Å². The first kappa shape index (κ1) is 20.2. The van der Waals surface area contributed by atoms with Gasteiger partial charge in [0, 0.05) is 25.2 Å². The molecule has 2 aromatic heterocycles. The summed E-state index contributed by atoms with van der Waals surface area (Å²) < 4.78 is 16.6. The van der Waals surface area contributed by atoms with Crippen LogP contribution in [-0.2, 0) is 6.54 Å². The van der Waals surface area contributed by atoms with E-state index in [9.17, 15) is 9.18 Å². The first-order chi connectivity index (χ1) is 15.7. The number of hydrogen-bond donors (Lipinski definition) is 1. The Bertz CT molecular complexity index is 1280. The normalized spacial score (nSPS) is 13.6. The van der Waals surface area contributed by atoms with Crippen molar-refractivity contribution in [2.75, 3.05) is 23.3 Å². The van der Waals surface area contributed by atoms with E-state index in [2.05, 4.69) is 15.3 Å². The molecule has 1 fully saturated rings. The van der Waals surface area contributed by atoms with Gasteiger partial charge in [-0.3, -0.25) is 4.79 Å². The number of rotatable bonds is 5. The van der Waals surface area contributed by atoms with Crippen molar-refractivity contribution in [3.05, 3.63) is 72.2 Å². The van der Waals surface area contributed by atoms with Crippen LogP contribution in [0.4, 0.5) is 15.8 Å². The number of hydrogen-bond acceptors (Lipinski definition) is 4. The number of benzene rings is 2. The Morgan fingerprint density at radius 2 is 1.88 bits per heavy atom. The van der Waals surface area contributed by atoms with E-state index in [4.69, 9.17) is 4.98 Å². The molecule has 3 heterocycles. The minimum absolute atomic E-state index is 0.216. The monoisotopic (exact) mass is 429 g/mol. The molecule has 0 aliphatic carbocycles. The number of pyridine rings is 1. The van der Waals surface area contributed by atoms with Gasteiger partial charge in [-0.05, 0) is 38.0 Å². The molecule has 0 radical (unpaired) electrons. The molecule has 7 heteroatoms. The van der Waals surface area contributed by atoms with Gasteiger partial charge in [-0.15, -0.1) is 0 Å². The summed E-state index contributed by atoms with van der Waals surface area (Å²) in [6.45, 7) is 4.31. The fraction of sp³-hybridized carbons (Fsp3) is 0.240. The lowest BCUT2D eigenvalue weighted by atomic mass is 10.1. The highest BCUT2D eigenvalue weighted by molar-refractivity contribution is 6.13. The number of nitrogens with zero attached hydrogens (tertiary/aromatic N) is 4. The fourth-order valence-electron chi connectivity index (χ4n) is 4.26. The van der Waals surface area contributed by atoms with Gasteiger partial charge in [-0.1, -0.05) is 36.4 Å². The van der Waals surface area contributed by atoms with Gasteiger partial charge in [0.15, 0.2) is 5.65 Å². The molecular weight excluding hydrogens is 405 g/mol. The van der Waals surface area contributed by atoms with Crippen molar-refractivity contribution in [2.24, 2.45) is 0 Å². The average Bonchev–Trinajstić information content (AvgIpc) is 3.50. The summed E-state index contributed by atoms with van der Waals surface area (Å²) in [5.74, 6) is -0.823. The molecule has 2 aromatic carbocycles. The van der Waals surface area contributed by atoms with Crippen LogP contribution in [0.15, 0.2) is 60.8 Å². The highest BCUT2D eigenvalue weighted by Crippen LogP contribution is 2.32. The summed E-state index contributed by atoms with van der Waals surface area (Å²) in [7, 11) is 0. The predicted octanol–water partition coefficient (Wildman–Crippen LogP) is 5.11. The highest BCUT2D eigenvalue weighted by atomic mass is 19.1. The van der Waals surface area contributed by atoms with Gasteiger partial charge in [0.2, 0.25) is 0 Å². The zero-order valence-electron chi connectivity index (χ0n) is 17.9. The molecule has 1 amide bonds. The third-order valence-electron chi connectivity index (χ3n) is 5.90. The van der Waals surface area contributed by atoms with Crippen LogP contribution in [0, 0.1) is 5.82 Å². The summed E-state index contributed by atoms with van der Waals surface area (Å²) in [6, 6.07) is 16.4. The minimum atomic E-state index is -0.444. The second kappa shape index (κ2) is 8.42. The number of anilines is 2. The van der Waals surface area contributed by atoms with Crippen LogP contribution in [0.3, 0.4) is 0 Å². The number of carbonyl (C=O) groups excluding carboxylic acids is 1. The molecule has 0 saturated carbocycles. The molecule has 1 aliphatic rings. The van der Waals surface area contributed by atoms with Gasteiger partial charge < -0.3 is 10.2 Å². The van der Waals surface area contributed by atoms with Crippen molar-refractivity contribution in [1.29, 1.82) is 0 Å². The molecule has 0 spiro atoms. The first-order valence-corrected chi connectivity index (χ1v) is 10.9. The lowest BCUT2D eigenvalue weighted by molar-refractivity contribution is 0.102. The van der Waals surface area contributed by atoms with Gasteiger partial charge >= 0.3 is 0 Å². The molecule has 0 unspecified atom stereocenters. The predicted molar refractivity (Wildman–Crippen MR) is 124 cm³/mol. The smallest absolute Gasteiger partial charge is 0.256 e. The first-order valence-electron chi connectivity index (χ1n) is 10.9. The van der Waals surface area contributed by atoms with E-state index in [0.717, 1.165) is 31.5 Å². The Labute approximate surface area is 185 Å². The molecule has 5 rings (SSSR count). The number of aryl methyl sites for hydroxylation is 1. The third kappa shape index (κ3) is 3.60. The van der Waals surface area contributed by atoms with Gasteiger partial charge in [-0.25, -0.2) is 14.1 Å². The van der Waals surface area contributed by atoms with Crippen molar-refractivity contribution < 1.29 is 9.18 Å². The Morgan fingerprint density at radius 3 is 2.62 bits per heavy atom. The summed E-state index contributed by atoms with van der Waals surface area (Å²) in [6.07, 6.45) is 3.77. The Hall–Kier alpha value is -3.74. The van der Waals surface area contributed by atoms with E-state index in [-0.39, 0.29) is 11.6 Å². The number of halogens is 1. The van der Waals surface area contributed by atoms with Crippen molar-refractivity contribution in [3.8, 4) is 11.3 Å². The number of aromatic nitrogens is 3. The van der Waals surface area contributed by atoms with Crippen molar-refractivity contribution in [2.45, 2.75) is 26.3 Å². The van der Waals surface area contributed by atoms with Crippen molar-refractivity contribution in [3.63, 3.8) is 0 Å². The number of carbonyl (C=O) groups is 1. The lowest BCUT2D eigenvalue weighted by Crippen LogP contribution is -2.22. The Kier molecular flexibility index (Phi) is 5.31. The van der Waals surface area contributed by atoms with Crippen LogP contribution in [0.2, 0.25) is 0 Å². The second-order valence-corrected chi connectivity index (χ2v) is 7.90. The summed E-state index contributed by atoms with van der Waals surface area (Å²) in [5, 5.41) is 7.88. The van der Waals surface area contributed by atoms with Gasteiger partial charge in [0.05, 0.1) is 28.5 Å². The standard InChI is InChI=1S/C25H24FN5O/c1-2-31-24-19(16-27-31)18(15-21(28-24)17-9-4-3-5-10-17)25(32)29-23-20(26)11-8-12-22(23)30-13-6-7-14-30/h3-5,8-12,15-16H,2,6-7,13-14H2,1H3,(H,29,32). The second-order valence-electron chi connectivity index (χ2n) is 7.90. The molecule has 1 aliphatic heterocycles. The summed E-state index contributed by atoms with van der Waals surface area (Å²) in [5.41, 5.74) is 3.56. The maximum Gasteiger partial charge on any atom is 0.256 e. The number of nitrogens with one attached hydrogen (secondary N) is 1. The molecule has 162 valence electrons. The zero-order chi connectivity index (χ0) is 22.1. The molecule has 1 saturated heterocycles. The van der Waals surface area contributed by atoms with E-state index < -0.39 is 5.82 Å². The SMILES string of the molecule is CCn1ncc2c(C(=O)Nc3c(F)cccc3N3CCCC3)cc(-c3ccccc3)nc21. The number of amides is 1. The van der Waals surface area contributed by atoms with Crippen LogP contribution in [0.25, 0.3) is 22.3 Å². The molecule has 0 atom stereocenters. The van der Waals surface area contributed by atoms with Crippen molar-refractivity contribution in [1.82, 2.24) is 14.8 Å². The van der Waals surface area contributed by atoms with Crippen LogP contribution < -0.4 is 10.2 Å². The van der Waals surface area contributed by atoms with Crippen LogP contribution in [0.1, 0.15) is 30.1 Å². The molecule has 4 aromatic rings. The highest BCUT2D eigenvalue weighted by Gasteiger charge is 2.22. The third-order valence-corrected chi connectivity index (χ3v) is 5.90. The van der Waals surface area contributed by atoms with Gasteiger partial charge in [0.25, 0.3) is 5.91 Å². The maximum absolute atomic E-state index is 14.8. The quantitative estimate of drug-likeness (QED) is 0.479. The van der Waals surface area contributed by atoms with E-state index in [1.54, 1.807) is 23.0 Å². The molecule has 1 N–H and O–H groups in total. The minimum Gasteiger partial charge on any atom is -0.370 e. The van der Waals surface area contributed by atoms with E-state index in [1.807, 2.05) is 43.3 Å². The molecular formula is C25H24FN5O. The van der Waals surface area contributed by atoms with Gasteiger partial charge in [0.1, 0.15) is 11.5 Å². The van der Waals surface area contributed by atoms with Crippen LogP contribution in [-0.4, -0.2) is 33.8 Å². The topological polar surface area (TPSA) is 63.1 Å². The van der Waals surface area contributed by atoms with E-state index >= 15 is 0 Å². The van der Waals surface area contributed by atoms with Crippen molar-refractivity contribution >= 4 is 28.3 Å². The number of para-hydroxylation sites is 1. The Balaban J connectivity index is 1.59. The Morgan fingerprint density at radius 1 is 1.09 bits per heavy atom. The van der Waals surface area contributed by atoms with E-state index in [0.29, 0.717) is 34.5 Å². The fourth-order valence-corrected chi connectivity index (χ4v) is 4.26. The molecule has 6 nitrogen and oxygen atoms in total. The summed E-state index contributed by atoms with van der Waals surface area (Å²) >= 11 is 0. The largest absolute Gasteiger partial charge is 0.370 e. The maximum atomic E-state index is 14.8. The lowest BCUT2D eigenvalue weighted by Gasteiger charge is -2.22. The average molecular weight is 429 g/mol. The molecule has 32 heavy (non-hydrogen) atoms. The number of fused-ring (bicyclic) bond motifs is 1. The summed E-state index contributed by atoms with van der Waals surface area (Å²) in [4.78, 5) is 20.3. The molecule has 0 bridgehead atoms. The van der Waals surface area contributed by atoms with Gasteiger partial charge in [-0.2, -0.15) is 5.10 Å². The van der Waals surface area contributed by atoms with Crippen LogP contribution >= 0.6 is 0 Å². The van der Waals surface area contributed by atoms with E-state index in [1.165, 1.54) is 6.07 Å².